The molecule has 2 N–H and O–H groups in total. The van der Waals surface area contributed by atoms with Crippen LogP contribution in [0, 0.1) is 11.3 Å². The largest absolute Gasteiger partial charge is 0.384 e. The SMILES string of the molecule is CCCN1C(=O)[C@@]2(C(C#N)=C(N)N(c3ccccc3Cl)C3=C2C(=O)CCC3)c2ccccc21. The maximum atomic E-state index is 14.2. The smallest absolute Gasteiger partial charge is 0.247 e. The molecule has 2 aliphatic heterocycles. The number of amides is 1. The van der Waals surface area contributed by atoms with Gasteiger partial charge >= 0.3 is 0 Å². The highest BCUT2D eigenvalue weighted by Gasteiger charge is 2.62. The zero-order chi connectivity index (χ0) is 23.3. The van der Waals surface area contributed by atoms with E-state index in [-0.39, 0.29) is 23.1 Å². The first-order valence-corrected chi connectivity index (χ1v) is 11.5. The van der Waals surface area contributed by atoms with Gasteiger partial charge in [-0.05, 0) is 37.5 Å². The quantitative estimate of drug-likeness (QED) is 0.728. The molecule has 0 saturated heterocycles. The fourth-order valence-electron chi connectivity index (χ4n) is 5.48. The number of ketones is 1. The van der Waals surface area contributed by atoms with Crippen molar-refractivity contribution in [2.24, 2.45) is 5.73 Å². The topological polar surface area (TPSA) is 90.4 Å². The third kappa shape index (κ3) is 2.72. The van der Waals surface area contributed by atoms with Crippen LogP contribution in [-0.4, -0.2) is 18.2 Å². The molecule has 1 amide bonds. The van der Waals surface area contributed by atoms with Crippen molar-refractivity contribution in [1.82, 2.24) is 0 Å². The Balaban J connectivity index is 1.89. The van der Waals surface area contributed by atoms with Crippen molar-refractivity contribution in [3.8, 4) is 6.07 Å². The van der Waals surface area contributed by atoms with Crippen molar-refractivity contribution >= 4 is 34.7 Å². The van der Waals surface area contributed by atoms with E-state index < -0.39 is 5.41 Å². The molecule has 5 rings (SSSR count). The Morgan fingerprint density at radius 2 is 1.79 bits per heavy atom. The van der Waals surface area contributed by atoms with E-state index in [9.17, 15) is 14.9 Å². The number of carbonyl (C=O) groups excluding carboxylic acids is 2. The molecule has 0 saturated carbocycles. The van der Waals surface area contributed by atoms with E-state index in [1.165, 1.54) is 0 Å². The van der Waals surface area contributed by atoms with Crippen molar-refractivity contribution in [3.63, 3.8) is 0 Å². The number of carbonyl (C=O) groups is 2. The number of benzene rings is 2. The fourth-order valence-corrected chi connectivity index (χ4v) is 5.70. The molecule has 2 aromatic carbocycles. The molecule has 7 heteroatoms. The minimum absolute atomic E-state index is 0.0764. The van der Waals surface area contributed by atoms with E-state index in [0.29, 0.717) is 53.4 Å². The number of Topliss-reactive ketones (excluding diaryl/α,β-unsaturated/α-hetero) is 1. The van der Waals surface area contributed by atoms with Crippen LogP contribution in [0.2, 0.25) is 5.02 Å². The molecule has 0 aromatic heterocycles. The Labute approximate surface area is 197 Å². The molecule has 2 aromatic rings. The van der Waals surface area contributed by atoms with Crippen LogP contribution < -0.4 is 15.5 Å². The van der Waals surface area contributed by atoms with Crippen molar-refractivity contribution in [1.29, 1.82) is 5.26 Å². The molecule has 2 heterocycles. The van der Waals surface area contributed by atoms with Crippen LogP contribution >= 0.6 is 11.6 Å². The highest BCUT2D eigenvalue weighted by molar-refractivity contribution is 6.33. The average molecular weight is 459 g/mol. The summed E-state index contributed by atoms with van der Waals surface area (Å²) in [6.07, 6.45) is 2.25. The summed E-state index contributed by atoms with van der Waals surface area (Å²) in [6.45, 7) is 2.48. The molecule has 0 fully saturated rings. The summed E-state index contributed by atoms with van der Waals surface area (Å²) in [5.74, 6) is -0.276. The number of nitriles is 1. The number of halogens is 1. The number of allylic oxidation sites excluding steroid dienone is 1. The van der Waals surface area contributed by atoms with Crippen molar-refractivity contribution in [2.45, 2.75) is 38.0 Å². The van der Waals surface area contributed by atoms with Crippen LogP contribution in [0.4, 0.5) is 11.4 Å². The van der Waals surface area contributed by atoms with Gasteiger partial charge in [-0.25, -0.2) is 0 Å². The van der Waals surface area contributed by atoms with Crippen LogP contribution in [-0.2, 0) is 15.0 Å². The molecule has 1 atom stereocenters. The number of nitrogens with zero attached hydrogens (tertiary/aromatic N) is 3. The predicted molar refractivity (Wildman–Crippen MR) is 127 cm³/mol. The lowest BCUT2D eigenvalue weighted by Gasteiger charge is -2.44. The zero-order valence-corrected chi connectivity index (χ0v) is 19.0. The molecule has 0 bridgehead atoms. The van der Waals surface area contributed by atoms with Gasteiger partial charge in [0.05, 0.1) is 16.3 Å². The van der Waals surface area contributed by atoms with Gasteiger partial charge in [0, 0.05) is 35.5 Å². The van der Waals surface area contributed by atoms with Crippen molar-refractivity contribution in [2.75, 3.05) is 16.3 Å². The maximum absolute atomic E-state index is 14.2. The van der Waals surface area contributed by atoms with Crippen LogP contribution in [0.15, 0.2) is 71.2 Å². The molecule has 0 radical (unpaired) electrons. The molecular weight excluding hydrogens is 436 g/mol. The summed E-state index contributed by atoms with van der Waals surface area (Å²) < 4.78 is 0. The third-order valence-corrected chi connectivity index (χ3v) is 7.04. The number of anilines is 2. The second kappa shape index (κ2) is 7.79. The first-order chi connectivity index (χ1) is 16.0. The average Bonchev–Trinajstić information content (AvgIpc) is 3.05. The van der Waals surface area contributed by atoms with Crippen LogP contribution in [0.3, 0.4) is 0 Å². The number of para-hydroxylation sites is 2. The Morgan fingerprint density at radius 3 is 2.48 bits per heavy atom. The Kier molecular flexibility index (Phi) is 5.02. The molecule has 166 valence electrons. The molecular formula is C26H23ClN4O2. The van der Waals surface area contributed by atoms with Gasteiger partial charge in [0.2, 0.25) is 5.91 Å². The number of hydrogen-bond acceptors (Lipinski definition) is 5. The third-order valence-electron chi connectivity index (χ3n) is 6.72. The summed E-state index contributed by atoms with van der Waals surface area (Å²) in [5, 5.41) is 10.9. The number of hydrogen-bond donors (Lipinski definition) is 1. The minimum Gasteiger partial charge on any atom is -0.384 e. The van der Waals surface area contributed by atoms with E-state index in [4.69, 9.17) is 17.3 Å². The monoisotopic (exact) mass is 458 g/mol. The van der Waals surface area contributed by atoms with E-state index in [1.807, 2.05) is 43.3 Å². The van der Waals surface area contributed by atoms with E-state index in [2.05, 4.69) is 6.07 Å². The van der Waals surface area contributed by atoms with Gasteiger partial charge < -0.3 is 10.6 Å². The highest BCUT2D eigenvalue weighted by Crippen LogP contribution is 2.57. The van der Waals surface area contributed by atoms with E-state index in [0.717, 1.165) is 12.1 Å². The Morgan fingerprint density at radius 1 is 1.09 bits per heavy atom. The second-order valence-electron chi connectivity index (χ2n) is 8.48. The molecule has 3 aliphatic rings. The minimum atomic E-state index is -1.53. The number of rotatable bonds is 3. The summed E-state index contributed by atoms with van der Waals surface area (Å²) in [4.78, 5) is 31.2. The molecule has 33 heavy (non-hydrogen) atoms. The second-order valence-corrected chi connectivity index (χ2v) is 8.89. The van der Waals surface area contributed by atoms with Gasteiger partial charge in [0.15, 0.2) is 5.78 Å². The molecule has 6 nitrogen and oxygen atoms in total. The van der Waals surface area contributed by atoms with Crippen molar-refractivity contribution < 1.29 is 9.59 Å². The van der Waals surface area contributed by atoms with Gasteiger partial charge in [-0.3, -0.25) is 14.5 Å². The van der Waals surface area contributed by atoms with Gasteiger partial charge in [0.1, 0.15) is 17.3 Å². The summed E-state index contributed by atoms with van der Waals surface area (Å²) >= 11 is 6.52. The van der Waals surface area contributed by atoms with Crippen LogP contribution in [0.25, 0.3) is 0 Å². The summed E-state index contributed by atoms with van der Waals surface area (Å²) in [6, 6.07) is 16.8. The number of fused-ring (bicyclic) bond motifs is 3. The van der Waals surface area contributed by atoms with Gasteiger partial charge in [0.25, 0.3) is 0 Å². The van der Waals surface area contributed by atoms with E-state index in [1.54, 1.807) is 21.9 Å². The molecule has 1 spiro atoms. The summed E-state index contributed by atoms with van der Waals surface area (Å²) in [5.41, 5.74) is 8.19. The lowest BCUT2D eigenvalue weighted by Crippen LogP contribution is -2.52. The van der Waals surface area contributed by atoms with Gasteiger partial charge in [-0.15, -0.1) is 0 Å². The van der Waals surface area contributed by atoms with Crippen LogP contribution in [0.5, 0.6) is 0 Å². The predicted octanol–water partition coefficient (Wildman–Crippen LogP) is 4.56. The maximum Gasteiger partial charge on any atom is 0.247 e. The standard InChI is InChI=1S/C26H23ClN4O2/c1-2-14-30-19-10-5-3-8-16(19)26(25(30)33)17(15-28)24(29)31(20-11-6-4-9-18(20)27)21-12-7-13-22(32)23(21)26/h3-6,8-11H,2,7,12-14,29H2,1H3/t26-/m1/s1. The van der Waals surface area contributed by atoms with E-state index >= 15 is 0 Å². The summed E-state index contributed by atoms with van der Waals surface area (Å²) in [7, 11) is 0. The zero-order valence-electron chi connectivity index (χ0n) is 18.3. The first kappa shape index (κ1) is 21.3. The normalized spacial score (nSPS) is 22.1. The first-order valence-electron chi connectivity index (χ1n) is 11.1. The Bertz CT molecular complexity index is 1310. The fraction of sp³-hybridized carbons (Fsp3) is 0.269. The molecule has 1 aliphatic carbocycles. The van der Waals surface area contributed by atoms with Crippen LogP contribution in [0.1, 0.15) is 38.2 Å². The number of nitrogens with two attached hydrogens (primary N) is 1. The lowest BCUT2D eigenvalue weighted by molar-refractivity contribution is -0.124. The Hall–Kier alpha value is -3.56. The molecule has 0 unspecified atom stereocenters. The lowest BCUT2D eigenvalue weighted by atomic mass is 9.64. The van der Waals surface area contributed by atoms with Gasteiger partial charge in [-0.2, -0.15) is 5.26 Å². The highest BCUT2D eigenvalue weighted by atomic mass is 35.5. The van der Waals surface area contributed by atoms with Gasteiger partial charge in [-0.1, -0.05) is 48.9 Å². The van der Waals surface area contributed by atoms with Crippen molar-refractivity contribution in [3.05, 3.63) is 81.8 Å².